The molecule has 0 aromatic heterocycles. The van der Waals surface area contributed by atoms with Gasteiger partial charge >= 0.3 is 0 Å². The van der Waals surface area contributed by atoms with Gasteiger partial charge in [-0.25, -0.2) is 0 Å². The van der Waals surface area contributed by atoms with Gasteiger partial charge in [-0.3, -0.25) is 4.79 Å². The molecule has 27 heavy (non-hydrogen) atoms. The Hall–Kier alpha value is -2.80. The quantitative estimate of drug-likeness (QED) is 0.744. The number of methoxy groups -OCH3 is 2. The zero-order valence-electron chi connectivity index (χ0n) is 15.5. The Morgan fingerprint density at radius 3 is 2.74 bits per heavy atom. The molecule has 0 saturated carbocycles. The van der Waals surface area contributed by atoms with Gasteiger partial charge in [0.1, 0.15) is 11.5 Å². The van der Waals surface area contributed by atoms with E-state index >= 15 is 0 Å². The fraction of sp³-hybridized carbons (Fsp3) is 0.300. The van der Waals surface area contributed by atoms with Gasteiger partial charge in [0.05, 0.1) is 19.9 Å². The van der Waals surface area contributed by atoms with Crippen molar-refractivity contribution in [3.05, 3.63) is 48.0 Å². The van der Waals surface area contributed by atoms with Crippen molar-refractivity contribution in [3.8, 4) is 11.5 Å². The molecule has 3 rings (SSSR count). The molecule has 1 aliphatic heterocycles. The molecule has 142 valence electrons. The number of carbonyl (C=O) groups is 1. The minimum Gasteiger partial charge on any atom is -0.497 e. The zero-order valence-corrected chi connectivity index (χ0v) is 16.3. The van der Waals surface area contributed by atoms with Gasteiger partial charge in [-0.05, 0) is 48.5 Å². The van der Waals surface area contributed by atoms with E-state index in [9.17, 15) is 4.79 Å². The number of ether oxygens (including phenoxy) is 2. The lowest BCUT2D eigenvalue weighted by Gasteiger charge is -2.17. The Labute approximate surface area is 164 Å². The number of carbonyl (C=O) groups excluding carboxylic acids is 1. The van der Waals surface area contributed by atoms with Gasteiger partial charge in [-0.1, -0.05) is 12.1 Å². The zero-order chi connectivity index (χ0) is 19.2. The highest BCUT2D eigenvalue weighted by Crippen LogP contribution is 2.29. The fourth-order valence-electron chi connectivity index (χ4n) is 3.01. The number of benzene rings is 2. The third-order valence-electron chi connectivity index (χ3n) is 4.41. The summed E-state index contributed by atoms with van der Waals surface area (Å²) in [6, 6.07) is 13.4. The highest BCUT2D eigenvalue weighted by atomic mass is 32.1. The number of nitrogens with zero attached hydrogens (tertiary/aromatic N) is 1. The first-order chi connectivity index (χ1) is 13.1. The fourth-order valence-corrected chi connectivity index (χ4v) is 3.19. The van der Waals surface area contributed by atoms with E-state index in [4.69, 9.17) is 21.7 Å². The standard InChI is InChI=1S/C20H23N3O3S/c1-25-16-8-9-17(18(12-16)26-2)22-20(27)21-13-14-5-3-6-15(11-14)23-10-4-7-19(23)24/h3,5-6,8-9,11-12H,4,7,10,13H2,1-2H3,(H2,21,22,27). The maximum atomic E-state index is 11.9. The third-order valence-corrected chi connectivity index (χ3v) is 4.65. The van der Waals surface area contributed by atoms with Gasteiger partial charge in [-0.2, -0.15) is 0 Å². The van der Waals surface area contributed by atoms with Gasteiger partial charge in [-0.15, -0.1) is 0 Å². The second-order valence-corrected chi connectivity index (χ2v) is 6.60. The highest BCUT2D eigenvalue weighted by molar-refractivity contribution is 7.80. The van der Waals surface area contributed by atoms with Crippen LogP contribution in [0.25, 0.3) is 0 Å². The summed E-state index contributed by atoms with van der Waals surface area (Å²) in [7, 11) is 3.21. The van der Waals surface area contributed by atoms with Crippen LogP contribution in [0.4, 0.5) is 11.4 Å². The number of rotatable bonds is 6. The van der Waals surface area contributed by atoms with Crippen LogP contribution in [-0.4, -0.2) is 31.8 Å². The third kappa shape index (κ3) is 4.68. The minimum absolute atomic E-state index is 0.184. The van der Waals surface area contributed by atoms with Crippen LogP contribution in [-0.2, 0) is 11.3 Å². The van der Waals surface area contributed by atoms with E-state index in [1.54, 1.807) is 20.3 Å². The molecule has 0 atom stereocenters. The van der Waals surface area contributed by atoms with Crippen molar-refractivity contribution in [1.82, 2.24) is 5.32 Å². The average molecular weight is 385 g/mol. The van der Waals surface area contributed by atoms with Crippen LogP contribution in [0.3, 0.4) is 0 Å². The van der Waals surface area contributed by atoms with Crippen molar-refractivity contribution in [3.63, 3.8) is 0 Å². The molecule has 0 radical (unpaired) electrons. The molecule has 2 aromatic rings. The molecule has 0 spiro atoms. The summed E-state index contributed by atoms with van der Waals surface area (Å²) >= 11 is 5.39. The van der Waals surface area contributed by atoms with E-state index in [1.807, 2.05) is 41.3 Å². The van der Waals surface area contributed by atoms with Crippen LogP contribution in [0.2, 0.25) is 0 Å². The Bertz CT molecular complexity index is 841. The molecule has 0 aliphatic carbocycles. The second-order valence-electron chi connectivity index (χ2n) is 6.19. The first-order valence-corrected chi connectivity index (χ1v) is 9.17. The highest BCUT2D eigenvalue weighted by Gasteiger charge is 2.21. The number of nitrogens with one attached hydrogen (secondary N) is 2. The van der Waals surface area contributed by atoms with Gasteiger partial charge in [0.15, 0.2) is 5.11 Å². The molecule has 1 aliphatic rings. The van der Waals surface area contributed by atoms with E-state index in [1.165, 1.54) is 0 Å². The van der Waals surface area contributed by atoms with Crippen LogP contribution in [0.15, 0.2) is 42.5 Å². The summed E-state index contributed by atoms with van der Waals surface area (Å²) in [4.78, 5) is 13.8. The maximum absolute atomic E-state index is 11.9. The van der Waals surface area contributed by atoms with Crippen LogP contribution in [0.5, 0.6) is 11.5 Å². The van der Waals surface area contributed by atoms with E-state index in [0.717, 1.165) is 29.9 Å². The number of hydrogen-bond donors (Lipinski definition) is 2. The Kier molecular flexibility index (Phi) is 6.13. The maximum Gasteiger partial charge on any atom is 0.227 e. The van der Waals surface area contributed by atoms with Crippen molar-refractivity contribution in [1.29, 1.82) is 0 Å². The molecule has 2 aromatic carbocycles. The lowest BCUT2D eigenvalue weighted by molar-refractivity contribution is -0.117. The number of amides is 1. The van der Waals surface area contributed by atoms with Gasteiger partial charge < -0.3 is 25.0 Å². The van der Waals surface area contributed by atoms with Gasteiger partial charge in [0, 0.05) is 31.3 Å². The summed E-state index contributed by atoms with van der Waals surface area (Å²) in [5.41, 5.74) is 2.75. The first kappa shape index (κ1) is 19.0. The molecule has 1 saturated heterocycles. The van der Waals surface area contributed by atoms with Crippen molar-refractivity contribution in [2.75, 3.05) is 31.0 Å². The molecular weight excluding hydrogens is 362 g/mol. The predicted molar refractivity (Wildman–Crippen MR) is 111 cm³/mol. The van der Waals surface area contributed by atoms with Crippen molar-refractivity contribution in [2.45, 2.75) is 19.4 Å². The van der Waals surface area contributed by atoms with Gasteiger partial charge in [0.25, 0.3) is 0 Å². The smallest absolute Gasteiger partial charge is 0.227 e. The molecule has 7 heteroatoms. The normalized spacial score (nSPS) is 13.4. The lowest BCUT2D eigenvalue weighted by Crippen LogP contribution is -2.28. The molecule has 2 N–H and O–H groups in total. The Balaban J connectivity index is 1.60. The molecule has 6 nitrogen and oxygen atoms in total. The van der Waals surface area contributed by atoms with Crippen molar-refractivity contribution < 1.29 is 14.3 Å². The minimum atomic E-state index is 0.184. The number of hydrogen-bond acceptors (Lipinski definition) is 4. The molecule has 0 unspecified atom stereocenters. The summed E-state index contributed by atoms with van der Waals surface area (Å²) < 4.78 is 10.6. The number of anilines is 2. The van der Waals surface area contributed by atoms with Crippen LogP contribution in [0.1, 0.15) is 18.4 Å². The molecular formula is C20H23N3O3S. The molecule has 0 bridgehead atoms. The summed E-state index contributed by atoms with van der Waals surface area (Å²) in [5, 5.41) is 6.81. The monoisotopic (exact) mass is 385 g/mol. The van der Waals surface area contributed by atoms with Crippen molar-refractivity contribution in [2.24, 2.45) is 0 Å². The largest absolute Gasteiger partial charge is 0.497 e. The second kappa shape index (κ2) is 8.73. The molecule has 1 amide bonds. The summed E-state index contributed by atoms with van der Waals surface area (Å²) in [6.07, 6.45) is 1.54. The summed E-state index contributed by atoms with van der Waals surface area (Å²) in [5.74, 6) is 1.54. The summed E-state index contributed by atoms with van der Waals surface area (Å²) in [6.45, 7) is 1.34. The SMILES string of the molecule is COc1ccc(NC(=S)NCc2cccc(N3CCCC3=O)c2)c(OC)c1. The topological polar surface area (TPSA) is 62.8 Å². The Morgan fingerprint density at radius 1 is 1.19 bits per heavy atom. The average Bonchev–Trinajstić information content (AvgIpc) is 3.13. The predicted octanol–water partition coefficient (Wildman–Crippen LogP) is 3.32. The van der Waals surface area contributed by atoms with Crippen LogP contribution < -0.4 is 25.0 Å². The van der Waals surface area contributed by atoms with Crippen LogP contribution in [0, 0.1) is 0 Å². The molecule has 1 heterocycles. The van der Waals surface area contributed by atoms with E-state index in [2.05, 4.69) is 10.6 Å². The lowest BCUT2D eigenvalue weighted by atomic mass is 10.2. The van der Waals surface area contributed by atoms with Crippen LogP contribution >= 0.6 is 12.2 Å². The van der Waals surface area contributed by atoms with E-state index < -0.39 is 0 Å². The number of thiocarbonyl (C=S) groups is 1. The van der Waals surface area contributed by atoms with Gasteiger partial charge in [0.2, 0.25) is 5.91 Å². The molecule has 1 fully saturated rings. The van der Waals surface area contributed by atoms with E-state index in [0.29, 0.717) is 29.6 Å². The first-order valence-electron chi connectivity index (χ1n) is 8.77. The Morgan fingerprint density at radius 2 is 2.04 bits per heavy atom. The van der Waals surface area contributed by atoms with Crippen molar-refractivity contribution >= 4 is 34.6 Å². The van der Waals surface area contributed by atoms with E-state index in [-0.39, 0.29) is 5.91 Å².